The third kappa shape index (κ3) is 4.35. The summed E-state index contributed by atoms with van der Waals surface area (Å²) in [6.45, 7) is 4.49. The van der Waals surface area contributed by atoms with Crippen LogP contribution in [0.3, 0.4) is 0 Å². The lowest BCUT2D eigenvalue weighted by Gasteiger charge is -2.18. The maximum Gasteiger partial charge on any atom is -0.00810 e. The van der Waals surface area contributed by atoms with E-state index >= 15 is 0 Å². The summed E-state index contributed by atoms with van der Waals surface area (Å²) in [7, 11) is 0. The second-order valence-electron chi connectivity index (χ2n) is 6.90. The van der Waals surface area contributed by atoms with Gasteiger partial charge in [0.25, 0.3) is 0 Å². The molecule has 0 saturated heterocycles. The summed E-state index contributed by atoms with van der Waals surface area (Å²) in [5.41, 5.74) is 5.67. The van der Waals surface area contributed by atoms with Gasteiger partial charge in [0.05, 0.1) is 0 Å². The van der Waals surface area contributed by atoms with Gasteiger partial charge in [-0.05, 0) is 46.9 Å². The molecular weight excluding hydrogens is 288 g/mol. The van der Waals surface area contributed by atoms with Crippen molar-refractivity contribution in [2.75, 3.05) is 0 Å². The van der Waals surface area contributed by atoms with Gasteiger partial charge in [-0.25, -0.2) is 0 Å². The number of benzene rings is 3. The predicted molar refractivity (Wildman–Crippen MR) is 104 cm³/mol. The molecule has 0 aliphatic rings. The van der Waals surface area contributed by atoms with Crippen LogP contribution in [0.5, 0.6) is 0 Å². The summed E-state index contributed by atoms with van der Waals surface area (Å²) in [6.07, 6.45) is 2.16. The number of hydrogen-bond donors (Lipinski definition) is 0. The molecule has 0 heterocycles. The van der Waals surface area contributed by atoms with Gasteiger partial charge >= 0.3 is 0 Å². The van der Waals surface area contributed by atoms with Crippen molar-refractivity contribution in [1.82, 2.24) is 0 Å². The van der Waals surface area contributed by atoms with Crippen LogP contribution >= 0.6 is 0 Å². The average Bonchev–Trinajstić information content (AvgIpc) is 2.63. The predicted octanol–water partition coefficient (Wildman–Crippen LogP) is 6.38. The summed E-state index contributed by atoms with van der Waals surface area (Å²) >= 11 is 0. The minimum absolute atomic E-state index is 0.512. The molecule has 0 fully saturated rings. The summed E-state index contributed by atoms with van der Waals surface area (Å²) in [6, 6.07) is 30.9. The van der Waals surface area contributed by atoms with Crippen LogP contribution in [0.1, 0.15) is 47.9 Å². The summed E-state index contributed by atoms with van der Waals surface area (Å²) < 4.78 is 0. The molecule has 0 aliphatic carbocycles. The molecule has 24 heavy (non-hydrogen) atoms. The SMILES string of the molecule is CC(C)c1ccc(C[C@@H](Cc2ccccc2)c2ccccc2)cc1. The van der Waals surface area contributed by atoms with Crippen molar-refractivity contribution in [1.29, 1.82) is 0 Å². The van der Waals surface area contributed by atoms with Crippen LogP contribution in [-0.2, 0) is 12.8 Å². The molecule has 0 nitrogen and oxygen atoms in total. The Morgan fingerprint density at radius 3 is 1.58 bits per heavy atom. The first kappa shape index (κ1) is 16.5. The lowest BCUT2D eigenvalue weighted by molar-refractivity contribution is 0.679. The van der Waals surface area contributed by atoms with E-state index in [4.69, 9.17) is 0 Å². The Kier molecular flexibility index (Phi) is 5.48. The molecule has 0 radical (unpaired) electrons. The molecule has 3 aromatic rings. The first-order valence-corrected chi connectivity index (χ1v) is 8.90. The van der Waals surface area contributed by atoms with Gasteiger partial charge in [-0.1, -0.05) is 98.8 Å². The Morgan fingerprint density at radius 2 is 1.04 bits per heavy atom. The molecule has 0 heteroatoms. The Balaban J connectivity index is 1.82. The van der Waals surface area contributed by atoms with E-state index < -0.39 is 0 Å². The summed E-state index contributed by atoms with van der Waals surface area (Å²) in [4.78, 5) is 0. The molecular formula is C24H26. The maximum atomic E-state index is 2.30. The van der Waals surface area contributed by atoms with Crippen LogP contribution in [0.4, 0.5) is 0 Å². The van der Waals surface area contributed by atoms with Crippen LogP contribution in [-0.4, -0.2) is 0 Å². The highest BCUT2D eigenvalue weighted by Crippen LogP contribution is 2.26. The quantitative estimate of drug-likeness (QED) is 0.495. The molecule has 0 unspecified atom stereocenters. The zero-order valence-electron chi connectivity index (χ0n) is 14.7. The molecule has 0 aromatic heterocycles. The molecule has 0 amide bonds. The van der Waals surface area contributed by atoms with Crippen LogP contribution < -0.4 is 0 Å². The van der Waals surface area contributed by atoms with E-state index in [2.05, 4.69) is 98.8 Å². The van der Waals surface area contributed by atoms with Crippen molar-refractivity contribution < 1.29 is 0 Å². The lowest BCUT2D eigenvalue weighted by Crippen LogP contribution is -2.07. The van der Waals surface area contributed by atoms with Gasteiger partial charge in [-0.2, -0.15) is 0 Å². The third-order valence-corrected chi connectivity index (χ3v) is 4.72. The van der Waals surface area contributed by atoms with Crippen molar-refractivity contribution >= 4 is 0 Å². The largest absolute Gasteiger partial charge is 0.0622 e. The monoisotopic (exact) mass is 314 g/mol. The van der Waals surface area contributed by atoms with Crippen LogP contribution in [0.15, 0.2) is 84.9 Å². The van der Waals surface area contributed by atoms with E-state index in [1.807, 2.05) is 0 Å². The second kappa shape index (κ2) is 7.97. The van der Waals surface area contributed by atoms with Gasteiger partial charge in [0.1, 0.15) is 0 Å². The molecule has 3 rings (SSSR count). The number of rotatable bonds is 6. The molecule has 3 aromatic carbocycles. The van der Waals surface area contributed by atoms with Crippen molar-refractivity contribution in [2.24, 2.45) is 0 Å². The summed E-state index contributed by atoms with van der Waals surface area (Å²) in [5, 5.41) is 0. The molecule has 0 N–H and O–H groups in total. The Morgan fingerprint density at radius 1 is 0.542 bits per heavy atom. The Hall–Kier alpha value is -2.34. The van der Waals surface area contributed by atoms with Crippen LogP contribution in [0, 0.1) is 0 Å². The van der Waals surface area contributed by atoms with Gasteiger partial charge in [0.2, 0.25) is 0 Å². The van der Waals surface area contributed by atoms with Crippen molar-refractivity contribution in [3.05, 3.63) is 107 Å². The van der Waals surface area contributed by atoms with Gasteiger partial charge in [-0.15, -0.1) is 0 Å². The minimum Gasteiger partial charge on any atom is -0.0622 e. The Labute approximate surface area is 146 Å². The van der Waals surface area contributed by atoms with Crippen molar-refractivity contribution in [3.8, 4) is 0 Å². The topological polar surface area (TPSA) is 0 Å². The highest BCUT2D eigenvalue weighted by molar-refractivity contribution is 5.30. The van der Waals surface area contributed by atoms with Gasteiger partial charge in [0.15, 0.2) is 0 Å². The Bertz CT molecular complexity index is 724. The van der Waals surface area contributed by atoms with Crippen molar-refractivity contribution in [2.45, 2.75) is 38.5 Å². The van der Waals surface area contributed by atoms with E-state index in [1.165, 1.54) is 22.3 Å². The van der Waals surface area contributed by atoms with E-state index in [0.717, 1.165) is 12.8 Å². The summed E-state index contributed by atoms with van der Waals surface area (Å²) in [5.74, 6) is 1.10. The lowest BCUT2D eigenvalue weighted by atomic mass is 9.86. The van der Waals surface area contributed by atoms with Crippen LogP contribution in [0.2, 0.25) is 0 Å². The highest BCUT2D eigenvalue weighted by Gasteiger charge is 2.13. The molecule has 0 spiro atoms. The van der Waals surface area contributed by atoms with Gasteiger partial charge < -0.3 is 0 Å². The number of hydrogen-bond acceptors (Lipinski definition) is 0. The highest BCUT2D eigenvalue weighted by atomic mass is 14.2. The van der Waals surface area contributed by atoms with E-state index in [9.17, 15) is 0 Å². The third-order valence-electron chi connectivity index (χ3n) is 4.72. The zero-order chi connectivity index (χ0) is 16.8. The zero-order valence-corrected chi connectivity index (χ0v) is 14.7. The van der Waals surface area contributed by atoms with E-state index in [-0.39, 0.29) is 0 Å². The van der Waals surface area contributed by atoms with Gasteiger partial charge in [-0.3, -0.25) is 0 Å². The molecule has 0 saturated carbocycles. The van der Waals surface area contributed by atoms with Crippen LogP contribution in [0.25, 0.3) is 0 Å². The fourth-order valence-electron chi connectivity index (χ4n) is 3.25. The molecule has 1 atom stereocenters. The first-order chi connectivity index (χ1) is 11.7. The minimum atomic E-state index is 0.512. The maximum absolute atomic E-state index is 2.30. The molecule has 0 aliphatic heterocycles. The van der Waals surface area contributed by atoms with E-state index in [1.54, 1.807) is 0 Å². The van der Waals surface area contributed by atoms with E-state index in [0.29, 0.717) is 11.8 Å². The van der Waals surface area contributed by atoms with Crippen molar-refractivity contribution in [3.63, 3.8) is 0 Å². The average molecular weight is 314 g/mol. The second-order valence-corrected chi connectivity index (χ2v) is 6.90. The first-order valence-electron chi connectivity index (χ1n) is 8.90. The fraction of sp³-hybridized carbons (Fsp3) is 0.250. The molecule has 0 bridgehead atoms. The molecule has 122 valence electrons. The fourth-order valence-corrected chi connectivity index (χ4v) is 3.25. The van der Waals surface area contributed by atoms with Gasteiger partial charge in [0, 0.05) is 0 Å². The normalized spacial score (nSPS) is 12.3. The smallest absolute Gasteiger partial charge is 0.00810 e. The standard InChI is InChI=1S/C24H26/c1-19(2)22-15-13-21(14-16-22)18-24(23-11-7-4-8-12-23)17-20-9-5-3-6-10-20/h3-16,19,24H,17-18H2,1-2H3/t24-/m1/s1.